The number of aromatic nitrogens is 2. The van der Waals surface area contributed by atoms with Gasteiger partial charge in [-0.25, -0.2) is 9.97 Å². The first-order valence-electron chi connectivity index (χ1n) is 14.2. The van der Waals surface area contributed by atoms with E-state index in [4.69, 9.17) is 14.4 Å². The van der Waals surface area contributed by atoms with Crippen molar-refractivity contribution in [3.05, 3.63) is 132 Å². The highest BCUT2D eigenvalue weighted by atomic mass is 32.2. The maximum atomic E-state index is 10.3. The minimum atomic E-state index is -0.275. The second-order valence-electron chi connectivity index (χ2n) is 11.4. The van der Waals surface area contributed by atoms with Crippen molar-refractivity contribution < 1.29 is 4.42 Å². The summed E-state index contributed by atoms with van der Waals surface area (Å²) >= 11 is 1.68. The molecule has 3 heterocycles. The lowest BCUT2D eigenvalue weighted by Crippen LogP contribution is -2.24. The second-order valence-corrected chi connectivity index (χ2v) is 12.4. The summed E-state index contributed by atoms with van der Waals surface area (Å²) in [7, 11) is 0. The summed E-state index contributed by atoms with van der Waals surface area (Å²) in [5, 5.41) is 12.5. The first kappa shape index (κ1) is 25.5. The third-order valence-corrected chi connectivity index (χ3v) is 9.60. The Balaban J connectivity index is 1.33. The van der Waals surface area contributed by atoms with Crippen LogP contribution in [0.5, 0.6) is 0 Å². The second kappa shape index (κ2) is 9.69. The lowest BCUT2D eigenvalue weighted by atomic mass is 9.76. The third-order valence-electron chi connectivity index (χ3n) is 8.38. The summed E-state index contributed by atoms with van der Waals surface area (Å²) in [6.45, 7) is 4.47. The number of hydrogen-bond acceptors (Lipinski definition) is 5. The summed E-state index contributed by atoms with van der Waals surface area (Å²) in [4.78, 5) is 12.3. The molecule has 4 nitrogen and oxygen atoms in total. The number of nitriles is 1. The fourth-order valence-corrected chi connectivity index (χ4v) is 7.54. The molecule has 8 rings (SSSR count). The molecule has 7 aromatic rings. The van der Waals surface area contributed by atoms with Gasteiger partial charge in [-0.1, -0.05) is 98.4 Å². The Hall–Kier alpha value is -5.18. The quantitative estimate of drug-likeness (QED) is 0.211. The molecule has 0 spiro atoms. The van der Waals surface area contributed by atoms with Crippen LogP contribution >= 0.6 is 11.8 Å². The minimum Gasteiger partial charge on any atom is -0.456 e. The van der Waals surface area contributed by atoms with Crippen LogP contribution in [0.15, 0.2) is 129 Å². The lowest BCUT2D eigenvalue weighted by molar-refractivity contribution is 0.607. The molecule has 43 heavy (non-hydrogen) atoms. The number of benzene rings is 5. The van der Waals surface area contributed by atoms with Crippen molar-refractivity contribution in [3.63, 3.8) is 0 Å². The summed E-state index contributed by atoms with van der Waals surface area (Å²) in [6.07, 6.45) is 0. The van der Waals surface area contributed by atoms with Crippen LogP contribution in [0.3, 0.4) is 0 Å². The molecule has 0 aliphatic carbocycles. The Kier molecular flexibility index (Phi) is 5.75. The van der Waals surface area contributed by atoms with Crippen molar-refractivity contribution in [3.8, 4) is 40.0 Å². The highest BCUT2D eigenvalue weighted by Crippen LogP contribution is 2.51. The molecule has 0 radical (unpaired) electrons. The van der Waals surface area contributed by atoms with E-state index < -0.39 is 0 Å². The van der Waals surface area contributed by atoms with E-state index in [0.29, 0.717) is 11.4 Å². The molecule has 0 fully saturated rings. The fourth-order valence-electron chi connectivity index (χ4n) is 6.11. The zero-order chi connectivity index (χ0) is 29.1. The molecule has 0 atom stereocenters. The minimum absolute atomic E-state index is 0.275. The third kappa shape index (κ3) is 4.14. The fraction of sp³-hybridized carbons (Fsp3) is 0.0789. The van der Waals surface area contributed by atoms with Crippen molar-refractivity contribution in [1.82, 2.24) is 9.97 Å². The van der Waals surface area contributed by atoms with E-state index >= 15 is 0 Å². The van der Waals surface area contributed by atoms with Crippen LogP contribution in [0.1, 0.15) is 30.5 Å². The molecule has 0 amide bonds. The molecule has 1 aliphatic rings. The molecule has 5 heteroatoms. The van der Waals surface area contributed by atoms with Gasteiger partial charge in [0.2, 0.25) is 0 Å². The van der Waals surface area contributed by atoms with Crippen molar-refractivity contribution in [2.75, 3.05) is 0 Å². The van der Waals surface area contributed by atoms with Gasteiger partial charge in [-0.2, -0.15) is 5.26 Å². The average molecular weight is 572 g/mol. The summed E-state index contributed by atoms with van der Waals surface area (Å²) < 4.78 is 6.21. The van der Waals surface area contributed by atoms with Crippen LogP contribution in [0.2, 0.25) is 0 Å². The Bertz CT molecular complexity index is 2260. The van der Waals surface area contributed by atoms with Gasteiger partial charge in [0.05, 0.1) is 17.0 Å². The number of hydrogen-bond donors (Lipinski definition) is 0. The molecule has 0 saturated heterocycles. The van der Waals surface area contributed by atoms with Crippen LogP contribution in [0.25, 0.3) is 55.8 Å². The highest BCUT2D eigenvalue weighted by molar-refractivity contribution is 7.99. The molecule has 0 saturated carbocycles. The summed E-state index contributed by atoms with van der Waals surface area (Å²) in [5.41, 5.74) is 8.80. The normalized spacial score (nSPS) is 13.4. The molecule has 1 aliphatic heterocycles. The van der Waals surface area contributed by atoms with E-state index in [0.717, 1.165) is 60.5 Å². The lowest BCUT2D eigenvalue weighted by Gasteiger charge is -2.35. The Morgan fingerprint density at radius 3 is 2.21 bits per heavy atom. The monoisotopic (exact) mass is 571 g/mol. The van der Waals surface area contributed by atoms with E-state index in [1.165, 1.54) is 10.5 Å². The van der Waals surface area contributed by atoms with E-state index in [1.54, 1.807) is 11.8 Å². The molecular formula is C38H25N3OS. The van der Waals surface area contributed by atoms with Crippen molar-refractivity contribution in [1.29, 1.82) is 5.26 Å². The Morgan fingerprint density at radius 2 is 1.37 bits per heavy atom. The van der Waals surface area contributed by atoms with Crippen LogP contribution in [0, 0.1) is 11.3 Å². The maximum Gasteiger partial charge on any atom is 0.160 e. The molecule has 5 aromatic carbocycles. The van der Waals surface area contributed by atoms with Crippen LogP contribution in [0.4, 0.5) is 0 Å². The van der Waals surface area contributed by atoms with Crippen molar-refractivity contribution in [2.24, 2.45) is 0 Å². The molecule has 0 N–H and O–H groups in total. The highest BCUT2D eigenvalue weighted by Gasteiger charge is 2.35. The predicted octanol–water partition coefficient (Wildman–Crippen LogP) is 10.0. The van der Waals surface area contributed by atoms with Crippen LogP contribution < -0.4 is 0 Å². The predicted molar refractivity (Wildman–Crippen MR) is 173 cm³/mol. The average Bonchev–Trinajstić information content (AvgIpc) is 3.43. The maximum absolute atomic E-state index is 10.3. The van der Waals surface area contributed by atoms with Crippen LogP contribution in [-0.2, 0) is 5.41 Å². The summed E-state index contributed by atoms with van der Waals surface area (Å²) in [5.74, 6) is 0.632. The van der Waals surface area contributed by atoms with Gasteiger partial charge in [0, 0.05) is 42.7 Å². The summed E-state index contributed by atoms with van der Waals surface area (Å²) in [6, 6.07) is 41.5. The molecule has 2 aromatic heterocycles. The number of fused-ring (bicyclic) bond motifs is 5. The van der Waals surface area contributed by atoms with Gasteiger partial charge in [-0.05, 0) is 53.6 Å². The van der Waals surface area contributed by atoms with Gasteiger partial charge >= 0.3 is 0 Å². The first-order chi connectivity index (χ1) is 21.0. The Labute approximate surface area is 253 Å². The number of rotatable bonds is 3. The number of para-hydroxylation sites is 1. The SMILES string of the molecule is CC1(C)c2ccccc2Sc2c(C#N)cc(-c3cc(-c4ccc5c(c4)oc4ccccc45)nc(-c4ccccc4)n3)cc21. The molecule has 204 valence electrons. The van der Waals surface area contributed by atoms with E-state index in [2.05, 4.69) is 74.5 Å². The van der Waals surface area contributed by atoms with Crippen LogP contribution in [-0.4, -0.2) is 9.97 Å². The number of nitrogens with zero attached hydrogens (tertiary/aromatic N) is 3. The van der Waals surface area contributed by atoms with Crippen molar-refractivity contribution in [2.45, 2.75) is 29.1 Å². The Morgan fingerprint density at radius 1 is 0.651 bits per heavy atom. The van der Waals surface area contributed by atoms with Gasteiger partial charge in [0.25, 0.3) is 0 Å². The van der Waals surface area contributed by atoms with E-state index in [1.807, 2.05) is 60.7 Å². The number of furan rings is 1. The zero-order valence-electron chi connectivity index (χ0n) is 23.6. The van der Waals surface area contributed by atoms with Crippen molar-refractivity contribution >= 4 is 33.7 Å². The van der Waals surface area contributed by atoms with Gasteiger partial charge in [0.15, 0.2) is 5.82 Å². The largest absolute Gasteiger partial charge is 0.456 e. The smallest absolute Gasteiger partial charge is 0.160 e. The first-order valence-corrected chi connectivity index (χ1v) is 15.0. The van der Waals surface area contributed by atoms with Gasteiger partial charge in [-0.15, -0.1) is 0 Å². The molecule has 0 unspecified atom stereocenters. The van der Waals surface area contributed by atoms with Gasteiger partial charge in [-0.3, -0.25) is 0 Å². The standard InChI is InChI=1S/C38H25N3OS/c1-38(2)29-13-7-9-15-35(29)43-36-26(22-39)18-25(19-30(36)38)32-21-31(40-37(41-32)23-10-4-3-5-11-23)24-16-17-28-27-12-6-8-14-33(27)42-34(28)20-24/h3-21H,1-2H3. The molecule has 0 bridgehead atoms. The van der Waals surface area contributed by atoms with Gasteiger partial charge in [0.1, 0.15) is 17.2 Å². The molecular weight excluding hydrogens is 547 g/mol. The zero-order valence-corrected chi connectivity index (χ0v) is 24.4. The van der Waals surface area contributed by atoms with E-state index in [9.17, 15) is 5.26 Å². The topological polar surface area (TPSA) is 62.7 Å². The van der Waals surface area contributed by atoms with Gasteiger partial charge < -0.3 is 4.42 Å². The van der Waals surface area contributed by atoms with E-state index in [-0.39, 0.29) is 5.41 Å².